The molecule has 0 spiro atoms. The fraction of sp³-hybridized carbons (Fsp3) is 0.471. The molecule has 1 amide bonds. The molecule has 1 aliphatic heterocycles. The van der Waals surface area contributed by atoms with Gasteiger partial charge in [0.1, 0.15) is 17.3 Å². The van der Waals surface area contributed by atoms with E-state index in [1.165, 1.54) is 12.5 Å². The standard InChI is InChI=1S/C17H20N4O2/c1-11-9-13(11)14-6-4-12(23-14)5-7-17(22)18-10-16-20-19-15-3-2-8-21(15)16/h4-7,11,13H,2-3,8-10H2,1H3,(H,18,22). The predicted octanol–water partition coefficient (Wildman–Crippen LogP) is 2.27. The van der Waals surface area contributed by atoms with E-state index in [4.69, 9.17) is 4.42 Å². The number of carbonyl (C=O) groups is 1. The van der Waals surface area contributed by atoms with Gasteiger partial charge in [-0.15, -0.1) is 10.2 Å². The van der Waals surface area contributed by atoms with Crippen molar-refractivity contribution in [1.82, 2.24) is 20.1 Å². The molecule has 2 unspecified atom stereocenters. The summed E-state index contributed by atoms with van der Waals surface area (Å²) in [7, 11) is 0. The summed E-state index contributed by atoms with van der Waals surface area (Å²) < 4.78 is 7.83. The number of amides is 1. The van der Waals surface area contributed by atoms with Gasteiger partial charge >= 0.3 is 0 Å². The summed E-state index contributed by atoms with van der Waals surface area (Å²) in [6, 6.07) is 3.92. The molecule has 23 heavy (non-hydrogen) atoms. The van der Waals surface area contributed by atoms with Gasteiger partial charge in [0.2, 0.25) is 5.91 Å². The molecular formula is C17H20N4O2. The van der Waals surface area contributed by atoms with E-state index in [1.54, 1.807) is 6.08 Å². The van der Waals surface area contributed by atoms with Crippen molar-refractivity contribution in [3.8, 4) is 0 Å². The van der Waals surface area contributed by atoms with Gasteiger partial charge in [0, 0.05) is 25.0 Å². The molecule has 0 radical (unpaired) electrons. The third kappa shape index (κ3) is 2.93. The molecule has 1 fully saturated rings. The van der Waals surface area contributed by atoms with Crippen molar-refractivity contribution in [2.45, 2.75) is 45.2 Å². The Balaban J connectivity index is 1.31. The third-order valence-electron chi connectivity index (χ3n) is 4.63. The largest absolute Gasteiger partial charge is 0.461 e. The van der Waals surface area contributed by atoms with Gasteiger partial charge in [-0.25, -0.2) is 0 Å². The van der Waals surface area contributed by atoms with Crippen LogP contribution < -0.4 is 5.32 Å². The van der Waals surface area contributed by atoms with Crippen LogP contribution in [0.15, 0.2) is 22.6 Å². The average molecular weight is 312 g/mol. The first kappa shape index (κ1) is 14.2. The second-order valence-electron chi connectivity index (χ2n) is 6.40. The number of hydrogen-bond acceptors (Lipinski definition) is 4. The average Bonchev–Trinajstić information content (AvgIpc) is 2.97. The van der Waals surface area contributed by atoms with E-state index in [0.717, 1.165) is 42.6 Å². The van der Waals surface area contributed by atoms with Crippen LogP contribution in [0.2, 0.25) is 0 Å². The number of rotatable bonds is 5. The highest BCUT2D eigenvalue weighted by molar-refractivity contribution is 5.91. The predicted molar refractivity (Wildman–Crippen MR) is 84.5 cm³/mol. The molecule has 0 aromatic carbocycles. The maximum atomic E-state index is 11.9. The van der Waals surface area contributed by atoms with Gasteiger partial charge < -0.3 is 14.3 Å². The summed E-state index contributed by atoms with van der Waals surface area (Å²) in [4.78, 5) is 11.9. The van der Waals surface area contributed by atoms with Crippen molar-refractivity contribution in [2.75, 3.05) is 0 Å². The van der Waals surface area contributed by atoms with Crippen molar-refractivity contribution in [2.24, 2.45) is 5.92 Å². The van der Waals surface area contributed by atoms with Crippen molar-refractivity contribution >= 4 is 12.0 Å². The summed E-state index contributed by atoms with van der Waals surface area (Å²) in [5.41, 5.74) is 0. The van der Waals surface area contributed by atoms with E-state index in [1.807, 2.05) is 12.1 Å². The summed E-state index contributed by atoms with van der Waals surface area (Å²) in [5, 5.41) is 11.1. The number of furan rings is 1. The fourth-order valence-corrected chi connectivity index (χ4v) is 3.10. The minimum absolute atomic E-state index is 0.155. The molecule has 2 aromatic heterocycles. The lowest BCUT2D eigenvalue weighted by Gasteiger charge is -2.03. The second kappa shape index (κ2) is 5.68. The van der Waals surface area contributed by atoms with Crippen LogP contribution in [0.1, 0.15) is 48.9 Å². The number of nitrogens with zero attached hydrogens (tertiary/aromatic N) is 3. The molecule has 3 heterocycles. The Hall–Kier alpha value is -2.37. The normalized spacial score (nSPS) is 22.5. The minimum Gasteiger partial charge on any atom is -0.461 e. The zero-order chi connectivity index (χ0) is 15.8. The van der Waals surface area contributed by atoms with E-state index in [-0.39, 0.29) is 5.91 Å². The highest BCUT2D eigenvalue weighted by Gasteiger charge is 2.36. The number of fused-ring (bicyclic) bond motifs is 1. The third-order valence-corrected chi connectivity index (χ3v) is 4.63. The van der Waals surface area contributed by atoms with E-state index in [0.29, 0.717) is 18.4 Å². The van der Waals surface area contributed by atoms with Crippen LogP contribution >= 0.6 is 0 Å². The number of hydrogen-bond donors (Lipinski definition) is 1. The first-order valence-corrected chi connectivity index (χ1v) is 8.17. The lowest BCUT2D eigenvalue weighted by molar-refractivity contribution is -0.116. The highest BCUT2D eigenvalue weighted by atomic mass is 16.3. The van der Waals surface area contributed by atoms with E-state index < -0.39 is 0 Å². The molecule has 2 aliphatic rings. The first-order chi connectivity index (χ1) is 11.2. The number of nitrogens with one attached hydrogen (secondary N) is 1. The summed E-state index contributed by atoms with van der Waals surface area (Å²) in [5.74, 6) is 4.70. The Labute approximate surface area is 134 Å². The van der Waals surface area contributed by atoms with Gasteiger partial charge in [-0.2, -0.15) is 0 Å². The molecule has 2 aromatic rings. The first-order valence-electron chi connectivity index (χ1n) is 8.17. The molecule has 1 aliphatic carbocycles. The molecule has 4 rings (SSSR count). The van der Waals surface area contributed by atoms with Crippen LogP contribution in [0.5, 0.6) is 0 Å². The molecule has 120 valence electrons. The Kier molecular flexibility index (Phi) is 3.52. The minimum atomic E-state index is -0.155. The van der Waals surface area contributed by atoms with Crippen LogP contribution in [0.25, 0.3) is 6.08 Å². The Morgan fingerprint density at radius 3 is 3.17 bits per heavy atom. The molecule has 0 saturated heterocycles. The van der Waals surface area contributed by atoms with E-state index in [9.17, 15) is 4.79 Å². The van der Waals surface area contributed by atoms with Gasteiger partial charge in [-0.3, -0.25) is 4.79 Å². The van der Waals surface area contributed by atoms with Crippen LogP contribution in [0, 0.1) is 5.92 Å². The molecule has 1 saturated carbocycles. The van der Waals surface area contributed by atoms with Crippen molar-refractivity contribution in [1.29, 1.82) is 0 Å². The molecule has 1 N–H and O–H groups in total. The molecule has 2 atom stereocenters. The van der Waals surface area contributed by atoms with Crippen molar-refractivity contribution < 1.29 is 9.21 Å². The van der Waals surface area contributed by atoms with Crippen LogP contribution in [-0.4, -0.2) is 20.7 Å². The summed E-state index contributed by atoms with van der Waals surface area (Å²) in [6.07, 6.45) is 6.48. The van der Waals surface area contributed by atoms with Gasteiger partial charge in [-0.1, -0.05) is 6.92 Å². The second-order valence-corrected chi connectivity index (χ2v) is 6.40. The SMILES string of the molecule is CC1CC1c1ccc(C=CC(=O)NCc2nnc3n2CCC3)o1. The van der Waals surface area contributed by atoms with Crippen molar-refractivity contribution in [3.05, 3.63) is 41.4 Å². The topological polar surface area (TPSA) is 73.0 Å². The Morgan fingerprint density at radius 1 is 1.48 bits per heavy atom. The van der Waals surface area contributed by atoms with Gasteiger partial charge in [-0.05, 0) is 37.0 Å². The Morgan fingerprint density at radius 2 is 2.35 bits per heavy atom. The lowest BCUT2D eigenvalue weighted by Crippen LogP contribution is -2.22. The number of carbonyl (C=O) groups excluding carboxylic acids is 1. The smallest absolute Gasteiger partial charge is 0.244 e. The fourth-order valence-electron chi connectivity index (χ4n) is 3.10. The van der Waals surface area contributed by atoms with Gasteiger partial charge in [0.15, 0.2) is 5.82 Å². The lowest BCUT2D eigenvalue weighted by atomic mass is 10.3. The number of aromatic nitrogens is 3. The van der Waals surface area contributed by atoms with Crippen LogP contribution in [-0.2, 0) is 24.3 Å². The monoisotopic (exact) mass is 312 g/mol. The van der Waals surface area contributed by atoms with Crippen LogP contribution in [0.3, 0.4) is 0 Å². The molecular weight excluding hydrogens is 292 g/mol. The zero-order valence-electron chi connectivity index (χ0n) is 13.2. The zero-order valence-corrected chi connectivity index (χ0v) is 13.2. The van der Waals surface area contributed by atoms with Crippen molar-refractivity contribution in [3.63, 3.8) is 0 Å². The summed E-state index contributed by atoms with van der Waals surface area (Å²) >= 11 is 0. The maximum Gasteiger partial charge on any atom is 0.244 e. The van der Waals surface area contributed by atoms with Crippen LogP contribution in [0.4, 0.5) is 0 Å². The highest BCUT2D eigenvalue weighted by Crippen LogP contribution is 2.47. The van der Waals surface area contributed by atoms with Gasteiger partial charge in [0.25, 0.3) is 0 Å². The molecule has 6 nitrogen and oxygen atoms in total. The van der Waals surface area contributed by atoms with E-state index >= 15 is 0 Å². The number of aryl methyl sites for hydroxylation is 1. The summed E-state index contributed by atoms with van der Waals surface area (Å²) in [6.45, 7) is 3.56. The quantitative estimate of drug-likeness (QED) is 0.860. The molecule has 6 heteroatoms. The maximum absolute atomic E-state index is 11.9. The Bertz CT molecular complexity index is 758. The molecule has 0 bridgehead atoms. The van der Waals surface area contributed by atoms with Gasteiger partial charge in [0.05, 0.1) is 6.54 Å². The van der Waals surface area contributed by atoms with E-state index in [2.05, 4.69) is 27.0 Å².